The second kappa shape index (κ2) is 9.17. The van der Waals surface area contributed by atoms with Crippen molar-refractivity contribution in [2.45, 2.75) is 44.8 Å². The summed E-state index contributed by atoms with van der Waals surface area (Å²) in [6, 6.07) is 7.55. The summed E-state index contributed by atoms with van der Waals surface area (Å²) in [6.07, 6.45) is 1.28. The summed E-state index contributed by atoms with van der Waals surface area (Å²) in [6.45, 7) is 1.97. The number of ketones is 1. The van der Waals surface area contributed by atoms with Gasteiger partial charge in [-0.3, -0.25) is 4.79 Å². The molecule has 0 aromatic heterocycles. The molecule has 2 aromatic rings. The smallest absolute Gasteiger partial charge is 0.336 e. The molecule has 1 heterocycles. The van der Waals surface area contributed by atoms with Crippen LogP contribution in [0.2, 0.25) is 0 Å². The Morgan fingerprint density at radius 3 is 2.47 bits per heavy atom. The number of fused-ring (bicyclic) bond motifs is 1. The molecule has 0 aliphatic carbocycles. The second-order valence-corrected chi connectivity index (χ2v) is 7.25. The van der Waals surface area contributed by atoms with Crippen LogP contribution in [0.15, 0.2) is 30.3 Å². The molecular formula is C23H26O7. The molecule has 2 atom stereocenters. The van der Waals surface area contributed by atoms with E-state index in [4.69, 9.17) is 14.2 Å². The third-order valence-corrected chi connectivity index (χ3v) is 5.39. The van der Waals surface area contributed by atoms with Crippen molar-refractivity contribution in [1.82, 2.24) is 0 Å². The summed E-state index contributed by atoms with van der Waals surface area (Å²) in [7, 11) is 2.98. The van der Waals surface area contributed by atoms with Crippen molar-refractivity contribution in [3.8, 4) is 17.2 Å². The highest BCUT2D eigenvalue weighted by Crippen LogP contribution is 2.39. The van der Waals surface area contributed by atoms with Crippen LogP contribution in [0.1, 0.15) is 58.0 Å². The van der Waals surface area contributed by atoms with Gasteiger partial charge in [0.25, 0.3) is 0 Å². The van der Waals surface area contributed by atoms with Crippen LogP contribution in [0, 0.1) is 0 Å². The zero-order chi connectivity index (χ0) is 21.8. The van der Waals surface area contributed by atoms with Crippen LogP contribution in [0.4, 0.5) is 0 Å². The van der Waals surface area contributed by atoms with Crippen LogP contribution in [0.5, 0.6) is 17.2 Å². The summed E-state index contributed by atoms with van der Waals surface area (Å²) >= 11 is 0. The van der Waals surface area contributed by atoms with Gasteiger partial charge < -0.3 is 24.4 Å². The predicted octanol–water partition coefficient (Wildman–Crippen LogP) is 3.49. The van der Waals surface area contributed by atoms with Crippen LogP contribution in [0.25, 0.3) is 0 Å². The zero-order valence-corrected chi connectivity index (χ0v) is 17.3. The van der Waals surface area contributed by atoms with Crippen molar-refractivity contribution in [2.75, 3.05) is 14.2 Å². The molecule has 0 spiro atoms. The zero-order valence-electron chi connectivity index (χ0n) is 17.3. The van der Waals surface area contributed by atoms with Crippen molar-refractivity contribution in [3.05, 3.63) is 52.6 Å². The number of carbonyl (C=O) groups is 2. The summed E-state index contributed by atoms with van der Waals surface area (Å²) in [5, 5.41) is 19.9. The van der Waals surface area contributed by atoms with Crippen LogP contribution in [0.3, 0.4) is 0 Å². The van der Waals surface area contributed by atoms with Gasteiger partial charge in [0, 0.05) is 23.1 Å². The summed E-state index contributed by atoms with van der Waals surface area (Å²) in [4.78, 5) is 25.2. The molecule has 2 unspecified atom stereocenters. The van der Waals surface area contributed by atoms with E-state index in [0.717, 1.165) is 0 Å². The van der Waals surface area contributed by atoms with Crippen molar-refractivity contribution in [2.24, 2.45) is 0 Å². The van der Waals surface area contributed by atoms with E-state index in [0.29, 0.717) is 54.1 Å². The fraction of sp³-hybridized carbons (Fsp3) is 0.391. The van der Waals surface area contributed by atoms with Crippen molar-refractivity contribution < 1.29 is 34.0 Å². The Balaban J connectivity index is 2.17. The number of methoxy groups -OCH3 is 2. The van der Waals surface area contributed by atoms with Gasteiger partial charge in [0.1, 0.15) is 11.9 Å². The minimum atomic E-state index is -1.20. The molecule has 0 saturated carbocycles. The van der Waals surface area contributed by atoms with Crippen molar-refractivity contribution in [3.63, 3.8) is 0 Å². The van der Waals surface area contributed by atoms with E-state index in [9.17, 15) is 19.8 Å². The molecule has 0 radical (unpaired) electrons. The fourth-order valence-electron chi connectivity index (χ4n) is 3.72. The first-order valence-electron chi connectivity index (χ1n) is 9.90. The summed E-state index contributed by atoms with van der Waals surface area (Å²) < 4.78 is 16.8. The lowest BCUT2D eigenvalue weighted by Crippen LogP contribution is -2.27. The number of hydrogen-bond donors (Lipinski definition) is 2. The predicted molar refractivity (Wildman–Crippen MR) is 110 cm³/mol. The van der Waals surface area contributed by atoms with Gasteiger partial charge in [-0.25, -0.2) is 4.79 Å². The van der Waals surface area contributed by atoms with Gasteiger partial charge in [-0.05, 0) is 49.6 Å². The van der Waals surface area contributed by atoms with Gasteiger partial charge in [0.05, 0.1) is 25.9 Å². The average molecular weight is 414 g/mol. The molecule has 7 heteroatoms. The number of ether oxygens (including phenoxy) is 3. The molecular weight excluding hydrogens is 388 g/mol. The standard InChI is InChI=1S/C23H26O7/c1-4-14-11-13(24)5-7-17-16(9-10-20(29-3)22(17)30-14)21(25)19-12-15(28-2)6-8-18(19)23(26)27/h6,8-10,12-14,24H,4-5,7,11H2,1-3H3,(H,26,27). The van der Waals surface area contributed by atoms with Gasteiger partial charge in [-0.1, -0.05) is 6.92 Å². The van der Waals surface area contributed by atoms with E-state index >= 15 is 0 Å². The molecule has 7 nitrogen and oxygen atoms in total. The van der Waals surface area contributed by atoms with E-state index in [1.54, 1.807) is 12.1 Å². The third-order valence-electron chi connectivity index (χ3n) is 5.39. The molecule has 2 aromatic carbocycles. The minimum Gasteiger partial charge on any atom is -0.497 e. The number of carbonyl (C=O) groups excluding carboxylic acids is 1. The van der Waals surface area contributed by atoms with Crippen LogP contribution >= 0.6 is 0 Å². The molecule has 0 bridgehead atoms. The van der Waals surface area contributed by atoms with Crippen molar-refractivity contribution in [1.29, 1.82) is 0 Å². The number of hydrogen-bond acceptors (Lipinski definition) is 6. The van der Waals surface area contributed by atoms with Crippen LogP contribution in [-0.2, 0) is 6.42 Å². The van der Waals surface area contributed by atoms with E-state index in [-0.39, 0.29) is 17.2 Å². The molecule has 0 fully saturated rings. The lowest BCUT2D eigenvalue weighted by molar-refractivity contribution is 0.0692. The lowest BCUT2D eigenvalue weighted by Gasteiger charge is -2.28. The molecule has 1 aliphatic heterocycles. The van der Waals surface area contributed by atoms with Crippen LogP contribution in [-0.4, -0.2) is 48.4 Å². The Bertz CT molecular complexity index is 951. The van der Waals surface area contributed by atoms with E-state index in [1.165, 1.54) is 32.4 Å². The van der Waals surface area contributed by atoms with Gasteiger partial charge in [0.2, 0.25) is 0 Å². The number of aliphatic hydroxyl groups excluding tert-OH is 1. The highest BCUT2D eigenvalue weighted by molar-refractivity contribution is 6.15. The van der Waals surface area contributed by atoms with Crippen molar-refractivity contribution >= 4 is 11.8 Å². The van der Waals surface area contributed by atoms with E-state index in [1.807, 2.05) is 6.92 Å². The quantitative estimate of drug-likeness (QED) is 0.698. The molecule has 3 rings (SSSR count). The van der Waals surface area contributed by atoms with Gasteiger partial charge >= 0.3 is 5.97 Å². The van der Waals surface area contributed by atoms with Gasteiger partial charge in [-0.2, -0.15) is 0 Å². The first-order chi connectivity index (χ1) is 14.4. The third kappa shape index (κ3) is 4.26. The second-order valence-electron chi connectivity index (χ2n) is 7.25. The Hall–Kier alpha value is -3.06. The molecule has 30 heavy (non-hydrogen) atoms. The SMILES string of the molecule is CCC1CC(O)CCc2c(C(=O)c3cc(OC)ccc3C(=O)O)ccc(OC)c2O1. The maximum atomic E-state index is 13.5. The minimum absolute atomic E-state index is 0.0314. The van der Waals surface area contributed by atoms with Gasteiger partial charge in [-0.15, -0.1) is 0 Å². The maximum absolute atomic E-state index is 13.5. The highest BCUT2D eigenvalue weighted by atomic mass is 16.5. The Morgan fingerprint density at radius 2 is 1.83 bits per heavy atom. The first-order valence-corrected chi connectivity index (χ1v) is 9.90. The largest absolute Gasteiger partial charge is 0.497 e. The average Bonchev–Trinajstić information content (AvgIpc) is 2.74. The molecule has 2 N–H and O–H groups in total. The molecule has 0 saturated heterocycles. The summed E-state index contributed by atoms with van der Waals surface area (Å²) in [5.41, 5.74) is 0.855. The highest BCUT2D eigenvalue weighted by Gasteiger charge is 2.28. The number of carboxylic acids is 1. The number of benzene rings is 2. The van der Waals surface area contributed by atoms with E-state index < -0.39 is 17.9 Å². The Morgan fingerprint density at radius 1 is 1.10 bits per heavy atom. The summed E-state index contributed by atoms with van der Waals surface area (Å²) in [5.74, 6) is -0.285. The van der Waals surface area contributed by atoms with E-state index in [2.05, 4.69) is 0 Å². The lowest BCUT2D eigenvalue weighted by atomic mass is 9.90. The molecule has 160 valence electrons. The fourth-order valence-corrected chi connectivity index (χ4v) is 3.72. The van der Waals surface area contributed by atoms with Crippen LogP contribution < -0.4 is 14.2 Å². The first kappa shape index (κ1) is 21.6. The Labute approximate surface area is 175 Å². The Kier molecular flexibility index (Phi) is 6.62. The molecule has 0 amide bonds. The normalized spacial score (nSPS) is 18.4. The number of aromatic carboxylic acids is 1. The number of rotatable bonds is 6. The van der Waals surface area contributed by atoms with Gasteiger partial charge in [0.15, 0.2) is 17.3 Å². The monoisotopic (exact) mass is 414 g/mol. The number of carboxylic acid groups (broad SMARTS) is 1. The number of aliphatic hydroxyl groups is 1. The topological polar surface area (TPSA) is 102 Å². The molecule has 1 aliphatic rings. The maximum Gasteiger partial charge on any atom is 0.336 e.